The fraction of sp³-hybridized carbons (Fsp3) is 0.250. The number of fused-ring (bicyclic) bond motifs is 1. The molecule has 0 bridgehead atoms. The minimum Gasteiger partial charge on any atom is -0.358 e. The third kappa shape index (κ3) is 7.60. The molecule has 0 unspecified atom stereocenters. The molecule has 3 amide bonds. The Labute approximate surface area is 276 Å². The van der Waals surface area contributed by atoms with E-state index in [9.17, 15) is 27.6 Å². The first kappa shape index (κ1) is 34.0. The van der Waals surface area contributed by atoms with E-state index in [0.717, 1.165) is 37.3 Å². The smallest absolute Gasteiger partial charge is 0.358 e. The number of benzene rings is 3. The van der Waals surface area contributed by atoms with Gasteiger partial charge in [-0.1, -0.05) is 32.0 Å². The van der Waals surface area contributed by atoms with E-state index < -0.39 is 17.6 Å². The Morgan fingerprint density at radius 3 is 2.33 bits per heavy atom. The summed E-state index contributed by atoms with van der Waals surface area (Å²) in [7, 11) is 0. The van der Waals surface area contributed by atoms with Gasteiger partial charge in [0.15, 0.2) is 0 Å². The predicted octanol–water partition coefficient (Wildman–Crippen LogP) is 7.21. The molecule has 5 N–H and O–H groups in total. The van der Waals surface area contributed by atoms with Crippen LogP contribution in [0, 0.1) is 13.8 Å². The number of nitrogens with one attached hydrogen (secondary N) is 5. The molecule has 3 aromatic carbocycles. The summed E-state index contributed by atoms with van der Waals surface area (Å²) in [5.74, 6) is -1.11. The summed E-state index contributed by atoms with van der Waals surface area (Å²) in [6.07, 6.45) is -2.81. The Balaban J connectivity index is 1.28. The number of aromatic nitrogens is 1. The highest BCUT2D eigenvalue weighted by Crippen LogP contribution is 2.37. The number of anilines is 4. The van der Waals surface area contributed by atoms with Crippen molar-refractivity contribution in [3.05, 3.63) is 106 Å². The molecule has 1 aliphatic rings. The van der Waals surface area contributed by atoms with Crippen LogP contribution in [0.1, 0.15) is 62.6 Å². The summed E-state index contributed by atoms with van der Waals surface area (Å²) in [6, 6.07) is 16.4. The molecule has 4 aromatic rings. The number of halogens is 3. The highest BCUT2D eigenvalue weighted by atomic mass is 19.4. The Morgan fingerprint density at radius 2 is 1.60 bits per heavy atom. The zero-order valence-electron chi connectivity index (χ0n) is 27.1. The largest absolute Gasteiger partial charge is 0.416 e. The van der Waals surface area contributed by atoms with Crippen molar-refractivity contribution in [2.75, 3.05) is 42.1 Å². The minimum absolute atomic E-state index is 0.114. The Morgan fingerprint density at radius 1 is 0.896 bits per heavy atom. The summed E-state index contributed by atoms with van der Waals surface area (Å²) in [4.78, 5) is 44.2. The number of amides is 3. The normalized spacial score (nSPS) is 13.4. The van der Waals surface area contributed by atoms with E-state index in [1.807, 2.05) is 26.0 Å². The summed E-state index contributed by atoms with van der Waals surface area (Å²) in [5, 5.41) is 11.8. The van der Waals surface area contributed by atoms with Crippen LogP contribution in [0.5, 0.6) is 0 Å². The minimum atomic E-state index is -4.56. The maximum atomic E-state index is 13.1. The van der Waals surface area contributed by atoms with Crippen molar-refractivity contribution in [3.63, 3.8) is 0 Å². The first-order chi connectivity index (χ1) is 22.9. The maximum absolute atomic E-state index is 13.1. The van der Waals surface area contributed by atoms with Gasteiger partial charge < -0.3 is 31.2 Å². The van der Waals surface area contributed by atoms with Crippen LogP contribution in [0.15, 0.2) is 66.7 Å². The van der Waals surface area contributed by atoms with Gasteiger partial charge in [0.25, 0.3) is 17.7 Å². The number of alkyl halides is 3. The van der Waals surface area contributed by atoms with Crippen LogP contribution in [0.2, 0.25) is 0 Å². The number of carbonyl (C=O) groups is 3. The number of likely N-dealkylation sites (N-methyl/N-ethyl adjacent to an activating group) is 1. The van der Waals surface area contributed by atoms with Crippen molar-refractivity contribution >= 4 is 52.1 Å². The number of aromatic amines is 1. The third-order valence-corrected chi connectivity index (χ3v) is 8.26. The zero-order chi connectivity index (χ0) is 34.6. The molecular weight excluding hydrogens is 621 g/mol. The molecule has 250 valence electrons. The number of H-pyrrole nitrogens is 1. The van der Waals surface area contributed by atoms with E-state index in [4.69, 9.17) is 0 Å². The van der Waals surface area contributed by atoms with Gasteiger partial charge in [-0.2, -0.15) is 13.2 Å². The highest BCUT2D eigenvalue weighted by molar-refractivity contribution is 6.35. The maximum Gasteiger partial charge on any atom is 0.416 e. The van der Waals surface area contributed by atoms with Gasteiger partial charge in [-0.05, 0) is 87.1 Å². The van der Waals surface area contributed by atoms with Gasteiger partial charge in [0.05, 0.1) is 22.4 Å². The molecule has 1 aliphatic heterocycles. The Kier molecular flexibility index (Phi) is 10.0. The first-order valence-corrected chi connectivity index (χ1v) is 15.6. The van der Waals surface area contributed by atoms with E-state index in [2.05, 4.69) is 45.0 Å². The second kappa shape index (κ2) is 14.2. The lowest BCUT2D eigenvalue weighted by Crippen LogP contribution is -2.35. The molecule has 9 nitrogen and oxygen atoms in total. The summed E-state index contributed by atoms with van der Waals surface area (Å²) < 4.78 is 39.3. The van der Waals surface area contributed by atoms with Crippen molar-refractivity contribution < 1.29 is 27.6 Å². The number of aryl methyl sites for hydroxylation is 1. The number of hydrogen-bond acceptors (Lipinski definition) is 5. The lowest BCUT2D eigenvalue weighted by Gasteiger charge is -2.18. The molecule has 0 radical (unpaired) electrons. The first-order valence-electron chi connectivity index (χ1n) is 15.6. The average Bonchev–Trinajstić information content (AvgIpc) is 3.51. The number of rotatable bonds is 11. The molecule has 0 spiro atoms. The number of carbonyl (C=O) groups excluding carboxylic acids is 3. The molecule has 12 heteroatoms. The van der Waals surface area contributed by atoms with Gasteiger partial charge in [-0.3, -0.25) is 14.4 Å². The number of hydrogen-bond donors (Lipinski definition) is 5. The van der Waals surface area contributed by atoms with Gasteiger partial charge >= 0.3 is 6.18 Å². The van der Waals surface area contributed by atoms with Gasteiger partial charge in [0.1, 0.15) is 0 Å². The van der Waals surface area contributed by atoms with Crippen LogP contribution in [0.3, 0.4) is 0 Å². The summed E-state index contributed by atoms with van der Waals surface area (Å²) in [6.45, 7) is 11.0. The topological polar surface area (TPSA) is 118 Å². The van der Waals surface area contributed by atoms with E-state index in [-0.39, 0.29) is 17.4 Å². The van der Waals surface area contributed by atoms with Crippen LogP contribution in [0.4, 0.5) is 35.9 Å². The summed E-state index contributed by atoms with van der Waals surface area (Å²) in [5.41, 5.74) is 5.08. The fourth-order valence-electron chi connectivity index (χ4n) is 5.66. The van der Waals surface area contributed by atoms with Crippen molar-refractivity contribution in [2.45, 2.75) is 33.9 Å². The van der Waals surface area contributed by atoms with Crippen molar-refractivity contribution in [1.82, 2.24) is 15.2 Å². The lowest BCUT2D eigenvalue weighted by atomic mass is 10.0. The van der Waals surface area contributed by atoms with E-state index in [1.165, 1.54) is 12.1 Å². The molecule has 5 rings (SSSR count). The molecule has 0 fully saturated rings. The molecule has 0 aliphatic carbocycles. The van der Waals surface area contributed by atoms with Gasteiger partial charge in [0.2, 0.25) is 0 Å². The highest BCUT2D eigenvalue weighted by Gasteiger charge is 2.31. The molecule has 0 saturated carbocycles. The van der Waals surface area contributed by atoms with Crippen molar-refractivity contribution in [2.24, 2.45) is 0 Å². The molecule has 2 heterocycles. The zero-order valence-corrected chi connectivity index (χ0v) is 27.1. The average molecular weight is 659 g/mol. The summed E-state index contributed by atoms with van der Waals surface area (Å²) >= 11 is 0. The predicted molar refractivity (Wildman–Crippen MR) is 182 cm³/mol. The van der Waals surface area contributed by atoms with Gasteiger partial charge in [0, 0.05) is 52.7 Å². The standard InChI is InChI=1S/C36H37F3N6O3/c1-5-45(6-2)16-15-40-35(48)32-21(3)30(41-22(32)4)20-29-28-14-13-27(19-31(28)44-34(29)47)42-25-11-8-12-26(18-25)43-33(46)23-9-7-10-24(17-23)36(37,38)39/h7-14,17-20,41-42H,5-6,15-16H2,1-4H3,(H,40,48)(H,43,46)(H,44,47). The van der Waals surface area contributed by atoms with Crippen LogP contribution >= 0.6 is 0 Å². The monoisotopic (exact) mass is 658 g/mol. The molecule has 48 heavy (non-hydrogen) atoms. The third-order valence-electron chi connectivity index (χ3n) is 8.26. The second-order valence-corrected chi connectivity index (χ2v) is 11.5. The molecule has 1 aromatic heterocycles. The lowest BCUT2D eigenvalue weighted by molar-refractivity contribution is -0.137. The Hall–Kier alpha value is -5.36. The van der Waals surface area contributed by atoms with Crippen LogP contribution in [0.25, 0.3) is 11.6 Å². The molecule has 0 atom stereocenters. The van der Waals surface area contributed by atoms with E-state index in [0.29, 0.717) is 57.4 Å². The SMILES string of the molecule is CCN(CC)CCNC(=O)c1c(C)[nH]c(C=C2C(=O)Nc3cc(Nc4cccc(NC(=O)c5cccc(C(F)(F)F)c5)c4)ccc32)c1C. The van der Waals surface area contributed by atoms with Crippen molar-refractivity contribution in [1.29, 1.82) is 0 Å². The molecular formula is C36H37F3N6O3. The van der Waals surface area contributed by atoms with Gasteiger partial charge in [-0.15, -0.1) is 0 Å². The van der Waals surface area contributed by atoms with Crippen LogP contribution in [-0.4, -0.2) is 53.8 Å². The van der Waals surface area contributed by atoms with Crippen LogP contribution < -0.4 is 21.3 Å². The van der Waals surface area contributed by atoms with Crippen molar-refractivity contribution in [3.8, 4) is 0 Å². The van der Waals surface area contributed by atoms with Gasteiger partial charge in [-0.25, -0.2) is 0 Å². The second-order valence-electron chi connectivity index (χ2n) is 11.5. The Bertz CT molecular complexity index is 1890. The fourth-order valence-corrected chi connectivity index (χ4v) is 5.66. The van der Waals surface area contributed by atoms with E-state index >= 15 is 0 Å². The molecule has 0 saturated heterocycles. The number of nitrogens with zero attached hydrogens (tertiary/aromatic N) is 1. The van der Waals surface area contributed by atoms with E-state index in [1.54, 1.807) is 36.4 Å². The van der Waals surface area contributed by atoms with Crippen LogP contribution in [-0.2, 0) is 11.0 Å². The quantitative estimate of drug-likeness (QED) is 0.109.